The van der Waals surface area contributed by atoms with Crippen molar-refractivity contribution in [2.75, 3.05) is 11.9 Å². The molecular weight excluding hydrogens is 339 g/mol. The van der Waals surface area contributed by atoms with Gasteiger partial charge in [0, 0.05) is 24.2 Å². The van der Waals surface area contributed by atoms with Gasteiger partial charge in [0.05, 0.1) is 11.5 Å². The van der Waals surface area contributed by atoms with E-state index in [1.807, 2.05) is 32.9 Å². The number of rotatable bonds is 7. The molecule has 2 rings (SSSR count). The van der Waals surface area contributed by atoms with Crippen LogP contribution < -0.4 is 10.1 Å². The highest BCUT2D eigenvalue weighted by molar-refractivity contribution is 5.92. The van der Waals surface area contributed by atoms with Crippen LogP contribution in [-0.4, -0.2) is 17.4 Å². The number of nitrogens with one attached hydrogen (secondary N) is 1. The Balaban J connectivity index is 1.88. The van der Waals surface area contributed by atoms with Crippen LogP contribution in [-0.2, 0) is 4.79 Å². The average Bonchev–Trinajstić information content (AvgIpc) is 2.54. The molecular formula is C19H21FN2O4. The zero-order chi connectivity index (χ0) is 19.3. The van der Waals surface area contributed by atoms with Crippen LogP contribution in [0.25, 0.3) is 0 Å². The van der Waals surface area contributed by atoms with Gasteiger partial charge in [0.1, 0.15) is 5.82 Å². The molecule has 0 atom stereocenters. The van der Waals surface area contributed by atoms with Crippen molar-refractivity contribution < 1.29 is 18.8 Å². The fraction of sp³-hybridized carbons (Fsp3) is 0.316. The smallest absolute Gasteiger partial charge is 0.311 e. The molecule has 0 bridgehead atoms. The van der Waals surface area contributed by atoms with Gasteiger partial charge in [0.25, 0.3) is 0 Å². The van der Waals surface area contributed by atoms with Crippen LogP contribution in [0, 0.1) is 36.7 Å². The van der Waals surface area contributed by atoms with Gasteiger partial charge in [-0.1, -0.05) is 17.7 Å². The predicted molar refractivity (Wildman–Crippen MR) is 97.1 cm³/mol. The zero-order valence-corrected chi connectivity index (χ0v) is 15.0. The Morgan fingerprint density at radius 1 is 1.19 bits per heavy atom. The summed E-state index contributed by atoms with van der Waals surface area (Å²) in [6.45, 7) is 5.93. The van der Waals surface area contributed by atoms with Gasteiger partial charge >= 0.3 is 5.69 Å². The summed E-state index contributed by atoms with van der Waals surface area (Å²) in [5, 5.41) is 13.8. The number of nitrogens with zero attached hydrogens (tertiary/aromatic N) is 1. The minimum Gasteiger partial charge on any atom is -0.487 e. The largest absolute Gasteiger partial charge is 0.487 e. The monoisotopic (exact) mass is 360 g/mol. The van der Waals surface area contributed by atoms with E-state index >= 15 is 0 Å². The van der Waals surface area contributed by atoms with Gasteiger partial charge in [0.15, 0.2) is 5.75 Å². The summed E-state index contributed by atoms with van der Waals surface area (Å²) in [5.41, 5.74) is 3.59. The van der Waals surface area contributed by atoms with Crippen LogP contribution in [0.1, 0.15) is 29.5 Å². The number of hydrogen-bond acceptors (Lipinski definition) is 4. The highest BCUT2D eigenvalue weighted by atomic mass is 19.1. The molecule has 0 aliphatic rings. The maximum Gasteiger partial charge on any atom is 0.311 e. The zero-order valence-electron chi connectivity index (χ0n) is 15.0. The number of amides is 1. The number of ether oxygens (including phenoxy) is 1. The van der Waals surface area contributed by atoms with Gasteiger partial charge in [-0.05, 0) is 44.4 Å². The molecule has 0 radical (unpaired) electrons. The molecule has 1 amide bonds. The second-order valence-electron chi connectivity index (χ2n) is 6.14. The van der Waals surface area contributed by atoms with Crippen molar-refractivity contribution in [2.24, 2.45) is 0 Å². The summed E-state index contributed by atoms with van der Waals surface area (Å²) in [6.07, 6.45) is 0.541. The van der Waals surface area contributed by atoms with E-state index < -0.39 is 10.7 Å². The van der Waals surface area contributed by atoms with Gasteiger partial charge in [-0.25, -0.2) is 4.39 Å². The Morgan fingerprint density at radius 3 is 2.46 bits per heavy atom. The van der Waals surface area contributed by atoms with Crippen molar-refractivity contribution in [2.45, 2.75) is 33.6 Å². The maximum absolute atomic E-state index is 13.2. The lowest BCUT2D eigenvalue weighted by molar-refractivity contribution is -0.385. The first-order valence-electron chi connectivity index (χ1n) is 8.22. The second-order valence-corrected chi connectivity index (χ2v) is 6.14. The van der Waals surface area contributed by atoms with Gasteiger partial charge < -0.3 is 10.1 Å². The van der Waals surface area contributed by atoms with Crippen molar-refractivity contribution in [1.82, 2.24) is 0 Å². The maximum atomic E-state index is 13.2. The number of aryl methyl sites for hydroxylation is 3. The Labute approximate surface area is 151 Å². The molecule has 0 heterocycles. The first-order valence-corrected chi connectivity index (χ1v) is 8.22. The summed E-state index contributed by atoms with van der Waals surface area (Å²) in [5.74, 6) is -0.924. The molecule has 0 aliphatic carbocycles. The molecule has 2 aromatic carbocycles. The van der Waals surface area contributed by atoms with Gasteiger partial charge in [0.2, 0.25) is 5.91 Å². The Kier molecular flexibility index (Phi) is 6.27. The van der Waals surface area contributed by atoms with Crippen molar-refractivity contribution in [3.63, 3.8) is 0 Å². The van der Waals surface area contributed by atoms with Crippen LogP contribution in [0.5, 0.6) is 5.75 Å². The first-order chi connectivity index (χ1) is 12.3. The summed E-state index contributed by atoms with van der Waals surface area (Å²) in [6, 6.07) is 7.02. The van der Waals surface area contributed by atoms with E-state index in [0.29, 0.717) is 6.42 Å². The molecule has 138 valence electrons. The van der Waals surface area contributed by atoms with Gasteiger partial charge in [-0.3, -0.25) is 14.9 Å². The number of hydrogen-bond donors (Lipinski definition) is 1. The number of benzene rings is 2. The van der Waals surface area contributed by atoms with Crippen LogP contribution in [0.2, 0.25) is 0 Å². The normalized spacial score (nSPS) is 10.5. The SMILES string of the molecule is Cc1cc(C)c(NC(=O)CCCOc2cc(F)ccc2[N+](=O)[O-])c(C)c1. The molecule has 1 N–H and O–H groups in total. The molecule has 6 nitrogen and oxygen atoms in total. The molecule has 0 aliphatic heterocycles. The van der Waals surface area contributed by atoms with Crippen LogP contribution in [0.4, 0.5) is 15.8 Å². The third-order valence-electron chi connectivity index (χ3n) is 3.87. The highest BCUT2D eigenvalue weighted by Crippen LogP contribution is 2.27. The van der Waals surface area contributed by atoms with Crippen molar-refractivity contribution in [3.05, 3.63) is 63.0 Å². The average molecular weight is 360 g/mol. The topological polar surface area (TPSA) is 81.5 Å². The fourth-order valence-corrected chi connectivity index (χ4v) is 2.75. The molecule has 2 aromatic rings. The van der Waals surface area contributed by atoms with E-state index in [0.717, 1.165) is 40.6 Å². The molecule has 0 saturated heterocycles. The predicted octanol–water partition coefficient (Wildman–Crippen LogP) is 4.46. The van der Waals surface area contributed by atoms with Crippen molar-refractivity contribution in [1.29, 1.82) is 0 Å². The minimum absolute atomic E-state index is 0.0730. The number of nitro groups is 1. The standard InChI is InChI=1S/C19H21FN2O4/c1-12-9-13(2)19(14(3)10-12)21-18(23)5-4-8-26-17-11-15(20)6-7-16(17)22(24)25/h6-7,9-11H,4-5,8H2,1-3H3,(H,21,23). The Hall–Kier alpha value is -2.96. The summed E-state index contributed by atoms with van der Waals surface area (Å²) >= 11 is 0. The van der Waals surface area contributed by atoms with E-state index in [1.165, 1.54) is 0 Å². The van der Waals surface area contributed by atoms with Gasteiger partial charge in [-0.2, -0.15) is 0 Å². The molecule has 7 heteroatoms. The molecule has 0 spiro atoms. The number of nitro benzene ring substituents is 1. The van der Waals surface area contributed by atoms with Crippen LogP contribution >= 0.6 is 0 Å². The quantitative estimate of drug-likeness (QED) is 0.449. The van der Waals surface area contributed by atoms with E-state index in [4.69, 9.17) is 4.74 Å². The summed E-state index contributed by atoms with van der Waals surface area (Å²) in [4.78, 5) is 22.4. The summed E-state index contributed by atoms with van der Waals surface area (Å²) < 4.78 is 18.5. The minimum atomic E-state index is -0.634. The van der Waals surface area contributed by atoms with E-state index in [9.17, 15) is 19.3 Å². The molecule has 0 saturated carbocycles. The number of halogens is 1. The van der Waals surface area contributed by atoms with Crippen LogP contribution in [0.3, 0.4) is 0 Å². The number of carbonyl (C=O) groups excluding carboxylic acids is 1. The summed E-state index contributed by atoms with van der Waals surface area (Å²) in [7, 11) is 0. The third-order valence-corrected chi connectivity index (χ3v) is 3.87. The molecule has 26 heavy (non-hydrogen) atoms. The van der Waals surface area contributed by atoms with Crippen molar-refractivity contribution in [3.8, 4) is 5.75 Å². The molecule has 0 unspecified atom stereocenters. The van der Waals surface area contributed by atoms with E-state index in [1.54, 1.807) is 0 Å². The Bertz CT molecular complexity index is 813. The first kappa shape index (κ1) is 19.4. The lowest BCUT2D eigenvalue weighted by Crippen LogP contribution is -2.14. The van der Waals surface area contributed by atoms with E-state index in [-0.39, 0.29) is 30.4 Å². The van der Waals surface area contributed by atoms with Gasteiger partial charge in [-0.15, -0.1) is 0 Å². The number of anilines is 1. The van der Waals surface area contributed by atoms with Crippen LogP contribution in [0.15, 0.2) is 30.3 Å². The third kappa shape index (κ3) is 5.02. The highest BCUT2D eigenvalue weighted by Gasteiger charge is 2.16. The fourth-order valence-electron chi connectivity index (χ4n) is 2.75. The second kappa shape index (κ2) is 8.42. The Morgan fingerprint density at radius 2 is 1.85 bits per heavy atom. The number of carbonyl (C=O) groups is 1. The molecule has 0 fully saturated rings. The lowest BCUT2D eigenvalue weighted by atomic mass is 10.0. The lowest BCUT2D eigenvalue weighted by Gasteiger charge is -2.13. The van der Waals surface area contributed by atoms with Crippen molar-refractivity contribution >= 4 is 17.3 Å². The molecule has 0 aromatic heterocycles. The van der Waals surface area contributed by atoms with E-state index in [2.05, 4.69) is 5.32 Å².